The molecule has 5 unspecified atom stereocenters. The number of carbonyl (C=O) groups is 1. The molecule has 0 aromatic rings. The SMILES string of the molecule is CCC1CC2CC(CC(C)(C(=O)O)C2)C1NC. The van der Waals surface area contributed by atoms with Crippen LogP contribution in [-0.4, -0.2) is 24.2 Å². The summed E-state index contributed by atoms with van der Waals surface area (Å²) in [5.41, 5.74) is -0.485. The molecule has 0 heterocycles. The standard InChI is InChI=1S/C14H25NO2/c1-4-10-5-9-6-11(12(10)15-3)8-14(2,7-9)13(16)17/h9-12,15H,4-8H2,1-3H3,(H,16,17). The smallest absolute Gasteiger partial charge is 0.309 e. The first-order chi connectivity index (χ1) is 8.00. The van der Waals surface area contributed by atoms with E-state index in [1.54, 1.807) is 0 Å². The molecule has 0 aromatic carbocycles. The fourth-order valence-corrected chi connectivity index (χ4v) is 4.37. The summed E-state index contributed by atoms with van der Waals surface area (Å²) in [7, 11) is 2.03. The molecular formula is C14H25NO2. The van der Waals surface area contributed by atoms with Crippen molar-refractivity contribution < 1.29 is 9.90 Å². The lowest BCUT2D eigenvalue weighted by atomic mass is 9.57. The zero-order valence-electron chi connectivity index (χ0n) is 11.2. The second-order valence-corrected chi connectivity index (χ2v) is 6.35. The Kier molecular flexibility index (Phi) is 3.48. The lowest BCUT2D eigenvalue weighted by molar-refractivity contribution is -0.154. The van der Waals surface area contributed by atoms with Crippen molar-refractivity contribution in [2.24, 2.45) is 23.2 Å². The molecule has 0 saturated heterocycles. The molecule has 3 nitrogen and oxygen atoms in total. The molecule has 2 aliphatic rings. The highest BCUT2D eigenvalue weighted by Crippen LogP contribution is 2.50. The molecule has 0 amide bonds. The maximum absolute atomic E-state index is 11.4. The van der Waals surface area contributed by atoms with Crippen molar-refractivity contribution in [3.05, 3.63) is 0 Å². The molecule has 17 heavy (non-hydrogen) atoms. The van der Waals surface area contributed by atoms with Gasteiger partial charge < -0.3 is 10.4 Å². The van der Waals surface area contributed by atoms with E-state index >= 15 is 0 Å². The highest BCUT2D eigenvalue weighted by Gasteiger charge is 2.48. The summed E-state index contributed by atoms with van der Waals surface area (Å²) < 4.78 is 0. The molecule has 5 atom stereocenters. The van der Waals surface area contributed by atoms with Crippen LogP contribution in [0.25, 0.3) is 0 Å². The van der Waals surface area contributed by atoms with Crippen LogP contribution in [0.15, 0.2) is 0 Å². The van der Waals surface area contributed by atoms with Crippen molar-refractivity contribution in [1.82, 2.24) is 5.32 Å². The van der Waals surface area contributed by atoms with Crippen molar-refractivity contribution in [2.45, 2.75) is 52.0 Å². The average molecular weight is 239 g/mol. The van der Waals surface area contributed by atoms with E-state index in [9.17, 15) is 9.90 Å². The topological polar surface area (TPSA) is 49.3 Å². The molecular weight excluding hydrogens is 214 g/mol. The number of carboxylic acid groups (broad SMARTS) is 1. The summed E-state index contributed by atoms with van der Waals surface area (Å²) in [4.78, 5) is 11.4. The molecule has 0 aliphatic heterocycles. The molecule has 0 spiro atoms. The van der Waals surface area contributed by atoms with Gasteiger partial charge in [0.25, 0.3) is 0 Å². The zero-order chi connectivity index (χ0) is 12.6. The van der Waals surface area contributed by atoms with E-state index in [1.165, 1.54) is 19.3 Å². The molecule has 2 aliphatic carbocycles. The van der Waals surface area contributed by atoms with Gasteiger partial charge in [0.15, 0.2) is 0 Å². The molecule has 98 valence electrons. The van der Waals surface area contributed by atoms with Crippen LogP contribution < -0.4 is 5.32 Å². The highest BCUT2D eigenvalue weighted by molar-refractivity contribution is 5.74. The Balaban J connectivity index is 2.18. The first kappa shape index (κ1) is 12.9. The quantitative estimate of drug-likeness (QED) is 0.795. The van der Waals surface area contributed by atoms with Crippen LogP contribution in [-0.2, 0) is 4.79 Å². The first-order valence-corrected chi connectivity index (χ1v) is 6.91. The van der Waals surface area contributed by atoms with Crippen LogP contribution in [0.2, 0.25) is 0 Å². The summed E-state index contributed by atoms with van der Waals surface area (Å²) in [5.74, 6) is 1.32. The third kappa shape index (κ3) is 2.22. The van der Waals surface area contributed by atoms with Crippen molar-refractivity contribution in [3.63, 3.8) is 0 Å². The van der Waals surface area contributed by atoms with Crippen molar-refractivity contribution in [2.75, 3.05) is 7.05 Å². The molecule has 2 bridgehead atoms. The van der Waals surface area contributed by atoms with E-state index in [0.29, 0.717) is 17.9 Å². The van der Waals surface area contributed by atoms with Gasteiger partial charge in [0.05, 0.1) is 5.41 Å². The Morgan fingerprint density at radius 1 is 1.41 bits per heavy atom. The van der Waals surface area contributed by atoms with Gasteiger partial charge in [0.1, 0.15) is 0 Å². The second kappa shape index (κ2) is 4.60. The fraction of sp³-hybridized carbons (Fsp3) is 0.929. The number of rotatable bonds is 3. The van der Waals surface area contributed by atoms with E-state index in [0.717, 1.165) is 18.8 Å². The predicted molar refractivity (Wildman–Crippen MR) is 67.8 cm³/mol. The zero-order valence-corrected chi connectivity index (χ0v) is 11.2. The van der Waals surface area contributed by atoms with Gasteiger partial charge in [-0.1, -0.05) is 13.3 Å². The van der Waals surface area contributed by atoms with Gasteiger partial charge in [-0.2, -0.15) is 0 Å². The number of fused-ring (bicyclic) bond motifs is 2. The van der Waals surface area contributed by atoms with E-state index in [2.05, 4.69) is 12.2 Å². The number of hydrogen-bond donors (Lipinski definition) is 2. The van der Waals surface area contributed by atoms with Gasteiger partial charge in [-0.3, -0.25) is 4.79 Å². The monoisotopic (exact) mass is 239 g/mol. The Morgan fingerprint density at radius 3 is 2.65 bits per heavy atom. The van der Waals surface area contributed by atoms with Crippen molar-refractivity contribution >= 4 is 5.97 Å². The predicted octanol–water partition coefficient (Wildman–Crippen LogP) is 2.51. The third-order valence-corrected chi connectivity index (χ3v) is 5.11. The van der Waals surface area contributed by atoms with Gasteiger partial charge in [0, 0.05) is 6.04 Å². The Hall–Kier alpha value is -0.570. The third-order valence-electron chi connectivity index (χ3n) is 5.11. The highest BCUT2D eigenvalue weighted by atomic mass is 16.4. The molecule has 2 N–H and O–H groups in total. The van der Waals surface area contributed by atoms with Crippen molar-refractivity contribution in [1.29, 1.82) is 0 Å². The Morgan fingerprint density at radius 2 is 2.12 bits per heavy atom. The Labute approximate surface area is 104 Å². The number of carboxylic acids is 1. The molecule has 0 aromatic heterocycles. The summed E-state index contributed by atoms with van der Waals surface area (Å²) in [6.07, 6.45) is 5.38. The number of nitrogens with one attached hydrogen (secondary N) is 1. The second-order valence-electron chi connectivity index (χ2n) is 6.35. The summed E-state index contributed by atoms with van der Waals surface area (Å²) in [5, 5.41) is 12.9. The van der Waals surface area contributed by atoms with Crippen LogP contribution in [0.4, 0.5) is 0 Å². The van der Waals surface area contributed by atoms with Gasteiger partial charge >= 0.3 is 5.97 Å². The van der Waals surface area contributed by atoms with Gasteiger partial charge in [-0.25, -0.2) is 0 Å². The summed E-state index contributed by atoms with van der Waals surface area (Å²) in [6.45, 7) is 4.19. The number of hydrogen-bond acceptors (Lipinski definition) is 2. The minimum absolute atomic E-state index is 0.485. The molecule has 2 rings (SSSR count). The van der Waals surface area contributed by atoms with Gasteiger partial charge in [0.2, 0.25) is 0 Å². The summed E-state index contributed by atoms with van der Waals surface area (Å²) >= 11 is 0. The average Bonchev–Trinajstić information content (AvgIpc) is 2.27. The molecule has 2 fully saturated rings. The Bertz CT molecular complexity index is 305. The van der Waals surface area contributed by atoms with Gasteiger partial charge in [-0.05, 0) is 57.4 Å². The van der Waals surface area contributed by atoms with Crippen LogP contribution in [0, 0.1) is 23.2 Å². The van der Waals surface area contributed by atoms with E-state index in [1.807, 2.05) is 14.0 Å². The fourth-order valence-electron chi connectivity index (χ4n) is 4.37. The molecule has 0 radical (unpaired) electrons. The maximum Gasteiger partial charge on any atom is 0.309 e. The molecule has 2 saturated carbocycles. The number of aliphatic carboxylic acids is 1. The van der Waals surface area contributed by atoms with Crippen LogP contribution in [0.3, 0.4) is 0 Å². The van der Waals surface area contributed by atoms with E-state index < -0.39 is 11.4 Å². The first-order valence-electron chi connectivity index (χ1n) is 6.91. The largest absolute Gasteiger partial charge is 0.481 e. The minimum Gasteiger partial charge on any atom is -0.481 e. The van der Waals surface area contributed by atoms with Crippen molar-refractivity contribution in [3.8, 4) is 0 Å². The van der Waals surface area contributed by atoms with Crippen LogP contribution >= 0.6 is 0 Å². The lowest BCUT2D eigenvalue weighted by Gasteiger charge is -2.50. The molecule has 3 heteroatoms. The van der Waals surface area contributed by atoms with Crippen LogP contribution in [0.5, 0.6) is 0 Å². The van der Waals surface area contributed by atoms with E-state index in [4.69, 9.17) is 0 Å². The maximum atomic E-state index is 11.4. The lowest BCUT2D eigenvalue weighted by Crippen LogP contribution is -2.52. The van der Waals surface area contributed by atoms with Gasteiger partial charge in [-0.15, -0.1) is 0 Å². The minimum atomic E-state index is -0.600. The normalized spacial score (nSPS) is 45.6. The van der Waals surface area contributed by atoms with E-state index in [-0.39, 0.29) is 0 Å². The summed E-state index contributed by atoms with van der Waals surface area (Å²) in [6, 6.07) is 0.523. The van der Waals surface area contributed by atoms with Crippen LogP contribution in [0.1, 0.15) is 46.0 Å².